The van der Waals surface area contributed by atoms with Gasteiger partial charge in [0.05, 0.1) is 11.0 Å². The summed E-state index contributed by atoms with van der Waals surface area (Å²) >= 11 is 0. The third kappa shape index (κ3) is 4.90. The fourth-order valence-corrected chi connectivity index (χ4v) is 8.26. The highest BCUT2D eigenvalue weighted by Crippen LogP contribution is 2.40. The van der Waals surface area contributed by atoms with Gasteiger partial charge in [-0.1, -0.05) is 115 Å². The van der Waals surface area contributed by atoms with Crippen molar-refractivity contribution in [2.75, 3.05) is 5.32 Å². The van der Waals surface area contributed by atoms with Gasteiger partial charge in [0.2, 0.25) is 0 Å². The van der Waals surface area contributed by atoms with Crippen LogP contribution in [0.2, 0.25) is 0 Å². The Bertz CT molecular complexity index is 3220. The first-order chi connectivity index (χ1) is 26.2. The first-order valence-corrected chi connectivity index (χ1v) is 18.2. The molecule has 0 atom stereocenters. The molecule has 0 aliphatic rings. The molecule has 0 aliphatic heterocycles. The van der Waals surface area contributed by atoms with Crippen molar-refractivity contribution in [1.29, 1.82) is 0 Å². The first-order valence-electron chi connectivity index (χ1n) is 18.2. The lowest BCUT2D eigenvalue weighted by molar-refractivity contribution is 1.19. The normalized spacial score (nSPS) is 11.8. The number of aromatic amines is 1. The van der Waals surface area contributed by atoms with E-state index in [9.17, 15) is 0 Å². The van der Waals surface area contributed by atoms with Crippen molar-refractivity contribution in [3.8, 4) is 27.9 Å². The van der Waals surface area contributed by atoms with Crippen LogP contribution in [0.15, 0.2) is 188 Å². The molecule has 11 aromatic rings. The Labute approximate surface area is 306 Å². The minimum atomic E-state index is 1.06. The predicted octanol–water partition coefficient (Wildman–Crippen LogP) is 13.8. The van der Waals surface area contributed by atoms with Gasteiger partial charge < -0.3 is 14.9 Å². The smallest absolute Gasteiger partial charge is 0.0541 e. The maximum Gasteiger partial charge on any atom is 0.0541 e. The van der Waals surface area contributed by atoms with Gasteiger partial charge in [-0.15, -0.1) is 0 Å². The second-order valence-corrected chi connectivity index (χ2v) is 14.0. The first kappa shape index (κ1) is 29.6. The average molecular weight is 676 g/mol. The summed E-state index contributed by atoms with van der Waals surface area (Å²) in [5.74, 6) is 0. The van der Waals surface area contributed by atoms with Gasteiger partial charge in [-0.3, -0.25) is 0 Å². The number of hydrogen-bond donors (Lipinski definition) is 2. The largest absolute Gasteiger partial charge is 0.355 e. The van der Waals surface area contributed by atoms with Crippen LogP contribution in [-0.4, -0.2) is 9.55 Å². The zero-order valence-corrected chi connectivity index (χ0v) is 28.8. The Morgan fingerprint density at radius 3 is 1.87 bits per heavy atom. The molecule has 0 saturated carbocycles. The molecule has 0 amide bonds. The van der Waals surface area contributed by atoms with Crippen LogP contribution in [0.1, 0.15) is 0 Å². The van der Waals surface area contributed by atoms with Crippen LogP contribution in [0.3, 0.4) is 0 Å². The van der Waals surface area contributed by atoms with Crippen molar-refractivity contribution in [2.45, 2.75) is 0 Å². The van der Waals surface area contributed by atoms with Gasteiger partial charge in [0, 0.05) is 55.2 Å². The summed E-state index contributed by atoms with van der Waals surface area (Å²) in [5, 5.41) is 13.7. The zero-order valence-electron chi connectivity index (χ0n) is 28.8. The van der Waals surface area contributed by atoms with Crippen molar-refractivity contribution < 1.29 is 0 Å². The number of fused-ring (bicyclic) bond motifs is 8. The van der Waals surface area contributed by atoms with Crippen molar-refractivity contribution in [2.24, 2.45) is 0 Å². The molecule has 2 heterocycles. The molecule has 2 aromatic heterocycles. The Kier molecular flexibility index (Phi) is 6.55. The molecule has 3 heteroatoms. The fourth-order valence-electron chi connectivity index (χ4n) is 8.26. The summed E-state index contributed by atoms with van der Waals surface area (Å²) in [7, 11) is 0. The van der Waals surface area contributed by atoms with Gasteiger partial charge in [0.25, 0.3) is 0 Å². The molecule has 9 aromatic carbocycles. The highest BCUT2D eigenvalue weighted by Gasteiger charge is 2.16. The van der Waals surface area contributed by atoms with Gasteiger partial charge in [0.1, 0.15) is 0 Å². The SMILES string of the molecule is c1ccc2cc(Nc3ccc(-c4ccc5c(c4)c4ccccc4n5-c4ccc5ccccc5c4)cc3-c3ccc4[nH]c5ccccc5c4c3)ccc2c1. The third-order valence-corrected chi connectivity index (χ3v) is 10.9. The van der Waals surface area contributed by atoms with Crippen molar-refractivity contribution in [3.63, 3.8) is 0 Å². The molecule has 248 valence electrons. The third-order valence-electron chi connectivity index (χ3n) is 10.9. The molecule has 53 heavy (non-hydrogen) atoms. The molecule has 2 N–H and O–H groups in total. The average Bonchev–Trinajstić information content (AvgIpc) is 3.76. The van der Waals surface area contributed by atoms with Crippen LogP contribution in [0.4, 0.5) is 11.4 Å². The van der Waals surface area contributed by atoms with E-state index in [0.29, 0.717) is 0 Å². The number of benzene rings is 9. The molecular formula is C50H33N3. The van der Waals surface area contributed by atoms with E-state index in [1.807, 2.05) is 0 Å². The van der Waals surface area contributed by atoms with E-state index in [2.05, 4.69) is 203 Å². The van der Waals surface area contributed by atoms with Crippen LogP contribution in [0.25, 0.3) is 93.1 Å². The van der Waals surface area contributed by atoms with Crippen LogP contribution in [-0.2, 0) is 0 Å². The minimum Gasteiger partial charge on any atom is -0.355 e. The summed E-state index contributed by atoms with van der Waals surface area (Å²) in [4.78, 5) is 3.60. The molecule has 11 rings (SSSR count). The number of nitrogens with one attached hydrogen (secondary N) is 2. The van der Waals surface area contributed by atoms with Crippen molar-refractivity contribution >= 4 is 76.5 Å². The summed E-state index contributed by atoms with van der Waals surface area (Å²) in [6.45, 7) is 0. The maximum atomic E-state index is 3.80. The number of H-pyrrole nitrogens is 1. The Morgan fingerprint density at radius 2 is 1.00 bits per heavy atom. The molecule has 0 fully saturated rings. The van der Waals surface area contributed by atoms with Crippen molar-refractivity contribution in [1.82, 2.24) is 9.55 Å². The van der Waals surface area contributed by atoms with E-state index >= 15 is 0 Å². The van der Waals surface area contributed by atoms with Gasteiger partial charge in [-0.05, 0) is 111 Å². The Hall–Kier alpha value is -7.10. The second kappa shape index (κ2) is 11.7. The number of rotatable bonds is 5. The van der Waals surface area contributed by atoms with Crippen LogP contribution < -0.4 is 5.32 Å². The van der Waals surface area contributed by atoms with Gasteiger partial charge in [-0.2, -0.15) is 0 Å². The number of nitrogens with zero attached hydrogens (tertiary/aromatic N) is 1. The Balaban J connectivity index is 1.08. The van der Waals surface area contributed by atoms with Crippen LogP contribution in [0, 0.1) is 0 Å². The summed E-state index contributed by atoms with van der Waals surface area (Å²) < 4.78 is 2.40. The number of para-hydroxylation sites is 2. The lowest BCUT2D eigenvalue weighted by atomic mass is 9.95. The number of anilines is 2. The lowest BCUT2D eigenvalue weighted by Gasteiger charge is -2.16. The summed E-state index contributed by atoms with van der Waals surface area (Å²) in [6, 6.07) is 68.3. The Morgan fingerprint density at radius 1 is 0.377 bits per heavy atom. The monoisotopic (exact) mass is 675 g/mol. The highest BCUT2D eigenvalue weighted by atomic mass is 15.0. The van der Waals surface area contributed by atoms with E-state index in [1.54, 1.807) is 0 Å². The zero-order chi connectivity index (χ0) is 34.9. The van der Waals surface area contributed by atoms with E-state index in [1.165, 1.54) is 76.5 Å². The maximum absolute atomic E-state index is 3.80. The van der Waals surface area contributed by atoms with Gasteiger partial charge in [-0.25, -0.2) is 0 Å². The standard InChI is InChI=1S/C50H33N3/c1-3-11-34-27-39(22-17-32(34)9-1)51-47-24-19-36(29-43(47)38-20-25-48-44(31-38)41-13-5-7-15-46(41)52-48)37-21-26-50-45(30-37)42-14-6-8-16-49(42)53(50)40-23-18-33-10-2-4-12-35(33)28-40/h1-31,51-52H. The molecule has 3 nitrogen and oxygen atoms in total. The molecule has 0 bridgehead atoms. The molecule has 0 radical (unpaired) electrons. The molecule has 0 aliphatic carbocycles. The van der Waals surface area contributed by atoms with E-state index in [4.69, 9.17) is 0 Å². The van der Waals surface area contributed by atoms with E-state index in [0.717, 1.165) is 28.0 Å². The minimum absolute atomic E-state index is 1.06. The quantitative estimate of drug-likeness (QED) is 0.187. The molecular weight excluding hydrogens is 643 g/mol. The van der Waals surface area contributed by atoms with Gasteiger partial charge >= 0.3 is 0 Å². The summed E-state index contributed by atoms with van der Waals surface area (Å²) in [5.41, 5.74) is 12.7. The molecule has 0 unspecified atom stereocenters. The second-order valence-electron chi connectivity index (χ2n) is 14.0. The predicted molar refractivity (Wildman–Crippen MR) is 226 cm³/mol. The lowest BCUT2D eigenvalue weighted by Crippen LogP contribution is -1.95. The highest BCUT2D eigenvalue weighted by molar-refractivity contribution is 6.11. The van der Waals surface area contributed by atoms with Crippen LogP contribution >= 0.6 is 0 Å². The van der Waals surface area contributed by atoms with Crippen molar-refractivity contribution in [3.05, 3.63) is 188 Å². The van der Waals surface area contributed by atoms with Gasteiger partial charge in [0.15, 0.2) is 0 Å². The van der Waals surface area contributed by atoms with E-state index in [-0.39, 0.29) is 0 Å². The topological polar surface area (TPSA) is 32.8 Å². The van der Waals surface area contributed by atoms with Crippen LogP contribution in [0.5, 0.6) is 0 Å². The summed E-state index contributed by atoms with van der Waals surface area (Å²) in [6.07, 6.45) is 0. The molecule has 0 saturated heterocycles. The fraction of sp³-hybridized carbons (Fsp3) is 0. The number of aromatic nitrogens is 2. The van der Waals surface area contributed by atoms with E-state index < -0.39 is 0 Å². The number of hydrogen-bond acceptors (Lipinski definition) is 1. The molecule has 0 spiro atoms.